The van der Waals surface area contributed by atoms with Gasteiger partial charge in [-0.25, -0.2) is 0 Å². The Labute approximate surface area is 158 Å². The number of carbonyl (C=O) groups excluding carboxylic acids is 4. The molecule has 7 nitrogen and oxygen atoms in total. The zero-order valence-corrected chi connectivity index (χ0v) is 15.6. The van der Waals surface area contributed by atoms with Crippen LogP contribution in [0.4, 0.5) is 5.69 Å². The molecule has 27 heavy (non-hydrogen) atoms. The number of nitrogens with one attached hydrogen (secondary N) is 2. The lowest BCUT2D eigenvalue weighted by molar-refractivity contribution is -0.148. The van der Waals surface area contributed by atoms with E-state index in [-0.39, 0.29) is 30.6 Å². The third-order valence-corrected chi connectivity index (χ3v) is 4.44. The Hall–Kier alpha value is -2.70. The summed E-state index contributed by atoms with van der Waals surface area (Å²) in [4.78, 5) is 46.8. The molecule has 0 atom stereocenters. The molecule has 2 N–H and O–H groups in total. The van der Waals surface area contributed by atoms with E-state index in [1.165, 1.54) is 13.3 Å². The van der Waals surface area contributed by atoms with Crippen molar-refractivity contribution in [3.8, 4) is 0 Å². The van der Waals surface area contributed by atoms with Gasteiger partial charge in [-0.1, -0.05) is 31.4 Å². The molecule has 0 aliphatic heterocycles. The molecule has 0 radical (unpaired) electrons. The monoisotopic (exact) mass is 374 g/mol. The minimum atomic E-state index is -0.596. The maximum Gasteiger partial charge on any atom is 0.306 e. The quantitative estimate of drug-likeness (QED) is 0.538. The van der Waals surface area contributed by atoms with Gasteiger partial charge in [-0.05, 0) is 31.9 Å². The van der Waals surface area contributed by atoms with Crippen LogP contribution in [0.25, 0.3) is 0 Å². The van der Waals surface area contributed by atoms with Gasteiger partial charge in [0.25, 0.3) is 5.91 Å². The fourth-order valence-electron chi connectivity index (χ4n) is 2.99. The summed E-state index contributed by atoms with van der Waals surface area (Å²) in [6.45, 7) is 1.00. The summed E-state index contributed by atoms with van der Waals surface area (Å²) >= 11 is 0. The van der Waals surface area contributed by atoms with Gasteiger partial charge in [0.2, 0.25) is 5.91 Å². The van der Waals surface area contributed by atoms with Crippen molar-refractivity contribution in [2.75, 3.05) is 11.9 Å². The Morgan fingerprint density at radius 1 is 1.04 bits per heavy atom. The van der Waals surface area contributed by atoms with Gasteiger partial charge >= 0.3 is 5.97 Å². The van der Waals surface area contributed by atoms with Crippen molar-refractivity contribution in [2.45, 2.75) is 57.9 Å². The molecular weight excluding hydrogens is 348 g/mol. The molecule has 2 amide bonds. The second-order valence-corrected chi connectivity index (χ2v) is 6.75. The molecule has 0 aromatic heterocycles. The van der Waals surface area contributed by atoms with E-state index in [9.17, 15) is 19.2 Å². The Kier molecular flexibility index (Phi) is 7.98. The van der Waals surface area contributed by atoms with Crippen molar-refractivity contribution >= 4 is 29.3 Å². The highest BCUT2D eigenvalue weighted by atomic mass is 16.5. The first kappa shape index (κ1) is 20.6. The van der Waals surface area contributed by atoms with Gasteiger partial charge in [-0.15, -0.1) is 0 Å². The Balaban J connectivity index is 1.65. The van der Waals surface area contributed by atoms with Crippen molar-refractivity contribution in [3.63, 3.8) is 0 Å². The first-order chi connectivity index (χ1) is 12.9. The minimum absolute atomic E-state index is 0.0532. The minimum Gasteiger partial charge on any atom is -0.456 e. The van der Waals surface area contributed by atoms with Crippen LogP contribution < -0.4 is 10.6 Å². The predicted octanol–water partition coefficient (Wildman–Crippen LogP) is 2.60. The molecule has 0 heterocycles. The van der Waals surface area contributed by atoms with Gasteiger partial charge < -0.3 is 15.4 Å². The number of ketones is 1. The second kappa shape index (κ2) is 10.4. The first-order valence-electron chi connectivity index (χ1n) is 9.30. The van der Waals surface area contributed by atoms with Crippen LogP contribution in [0, 0.1) is 0 Å². The van der Waals surface area contributed by atoms with E-state index in [1.807, 2.05) is 0 Å². The third-order valence-electron chi connectivity index (χ3n) is 4.44. The summed E-state index contributed by atoms with van der Waals surface area (Å²) in [7, 11) is 0. The summed E-state index contributed by atoms with van der Waals surface area (Å²) < 4.78 is 4.90. The topological polar surface area (TPSA) is 102 Å². The molecule has 0 saturated heterocycles. The lowest BCUT2D eigenvalue weighted by Crippen LogP contribution is -2.36. The molecule has 0 spiro atoms. The first-order valence-corrected chi connectivity index (χ1v) is 9.30. The number of rotatable bonds is 8. The molecule has 1 fully saturated rings. The number of hydrogen-bond donors (Lipinski definition) is 2. The van der Waals surface area contributed by atoms with Gasteiger partial charge in [-0.2, -0.15) is 0 Å². The number of anilines is 1. The lowest BCUT2D eigenvalue weighted by Gasteiger charge is -2.22. The third kappa shape index (κ3) is 7.60. The van der Waals surface area contributed by atoms with Crippen LogP contribution in [-0.2, 0) is 19.1 Å². The summed E-state index contributed by atoms with van der Waals surface area (Å²) in [5, 5.41) is 5.50. The number of carbonyl (C=O) groups is 4. The van der Waals surface area contributed by atoms with Crippen molar-refractivity contribution in [2.24, 2.45) is 0 Å². The normalized spacial score (nSPS) is 14.3. The summed E-state index contributed by atoms with van der Waals surface area (Å²) in [5.74, 6) is -1.37. The smallest absolute Gasteiger partial charge is 0.306 e. The van der Waals surface area contributed by atoms with E-state index < -0.39 is 18.5 Å². The second-order valence-electron chi connectivity index (χ2n) is 6.75. The number of ether oxygens (including phenoxy) is 1. The molecule has 7 heteroatoms. The van der Waals surface area contributed by atoms with Crippen LogP contribution in [0.15, 0.2) is 24.3 Å². The SMILES string of the molecule is CC(=O)c1cccc(NC(=O)COC(=O)CCC(=O)NC2CCCCC2)c1. The van der Waals surface area contributed by atoms with E-state index in [0.717, 1.165) is 25.7 Å². The molecule has 1 aromatic carbocycles. The molecule has 0 unspecified atom stereocenters. The van der Waals surface area contributed by atoms with Crippen molar-refractivity contribution in [1.29, 1.82) is 0 Å². The standard InChI is InChI=1S/C20H26N2O5/c1-14(23)15-6-5-9-17(12-15)22-19(25)13-27-20(26)11-10-18(24)21-16-7-3-2-4-8-16/h5-6,9,12,16H,2-4,7-8,10-11,13H2,1H3,(H,21,24)(H,22,25). The molecule has 1 saturated carbocycles. The van der Waals surface area contributed by atoms with Crippen LogP contribution in [0.1, 0.15) is 62.2 Å². The summed E-state index contributed by atoms with van der Waals surface area (Å²) in [5.41, 5.74) is 0.935. The number of amides is 2. The Morgan fingerprint density at radius 3 is 2.48 bits per heavy atom. The maximum absolute atomic E-state index is 11.9. The molecule has 2 rings (SSSR count). The summed E-state index contributed by atoms with van der Waals surface area (Å²) in [6, 6.07) is 6.71. The Morgan fingerprint density at radius 2 is 1.78 bits per heavy atom. The Bertz CT molecular complexity index is 695. The zero-order valence-electron chi connectivity index (χ0n) is 15.6. The fraction of sp³-hybridized carbons (Fsp3) is 0.500. The number of benzene rings is 1. The van der Waals surface area contributed by atoms with Crippen molar-refractivity contribution in [1.82, 2.24) is 5.32 Å². The maximum atomic E-state index is 11.9. The molecule has 1 aliphatic carbocycles. The van der Waals surface area contributed by atoms with E-state index in [1.54, 1.807) is 24.3 Å². The van der Waals surface area contributed by atoms with Gasteiger partial charge in [0.15, 0.2) is 12.4 Å². The number of esters is 1. The number of Topliss-reactive ketones (excluding diaryl/α,β-unsaturated/α-hetero) is 1. The van der Waals surface area contributed by atoms with Crippen molar-refractivity contribution < 1.29 is 23.9 Å². The van der Waals surface area contributed by atoms with Crippen LogP contribution in [0.2, 0.25) is 0 Å². The van der Waals surface area contributed by atoms with Gasteiger partial charge in [0.05, 0.1) is 6.42 Å². The van der Waals surface area contributed by atoms with E-state index in [0.29, 0.717) is 11.3 Å². The highest BCUT2D eigenvalue weighted by molar-refractivity contribution is 5.97. The molecule has 146 valence electrons. The average molecular weight is 374 g/mol. The van der Waals surface area contributed by atoms with Crippen LogP contribution in [-0.4, -0.2) is 36.2 Å². The van der Waals surface area contributed by atoms with E-state index in [4.69, 9.17) is 4.74 Å². The lowest BCUT2D eigenvalue weighted by atomic mass is 9.95. The average Bonchev–Trinajstić information content (AvgIpc) is 2.65. The molecule has 1 aromatic rings. The molecular formula is C20H26N2O5. The van der Waals surface area contributed by atoms with Crippen LogP contribution >= 0.6 is 0 Å². The zero-order chi connectivity index (χ0) is 19.6. The largest absolute Gasteiger partial charge is 0.456 e. The van der Waals surface area contributed by atoms with Gasteiger partial charge in [0, 0.05) is 23.7 Å². The van der Waals surface area contributed by atoms with Crippen LogP contribution in [0.3, 0.4) is 0 Å². The number of hydrogen-bond acceptors (Lipinski definition) is 5. The highest BCUT2D eigenvalue weighted by Crippen LogP contribution is 2.17. The van der Waals surface area contributed by atoms with Gasteiger partial charge in [0.1, 0.15) is 0 Å². The van der Waals surface area contributed by atoms with E-state index in [2.05, 4.69) is 10.6 Å². The molecule has 0 bridgehead atoms. The predicted molar refractivity (Wildman–Crippen MR) is 100 cm³/mol. The summed E-state index contributed by atoms with van der Waals surface area (Å²) in [6.07, 6.45) is 5.42. The van der Waals surface area contributed by atoms with Crippen molar-refractivity contribution in [3.05, 3.63) is 29.8 Å². The fourth-order valence-corrected chi connectivity index (χ4v) is 2.99. The molecule has 1 aliphatic rings. The van der Waals surface area contributed by atoms with E-state index >= 15 is 0 Å². The van der Waals surface area contributed by atoms with Gasteiger partial charge in [-0.3, -0.25) is 19.2 Å². The highest BCUT2D eigenvalue weighted by Gasteiger charge is 2.17. The van der Waals surface area contributed by atoms with Crippen LogP contribution in [0.5, 0.6) is 0 Å².